The van der Waals surface area contributed by atoms with E-state index in [2.05, 4.69) is 56.8 Å². The summed E-state index contributed by atoms with van der Waals surface area (Å²) in [5, 5.41) is 21.6. The lowest BCUT2D eigenvalue weighted by Gasteiger charge is -2.36. The Bertz CT molecular complexity index is 1150. The summed E-state index contributed by atoms with van der Waals surface area (Å²) in [6.45, 7) is 4.64. The summed E-state index contributed by atoms with van der Waals surface area (Å²) in [7, 11) is 0. The Morgan fingerprint density at radius 3 is 2.73 bits per heavy atom. The molecular formula is C24H24N5O. The maximum Gasteiger partial charge on any atom is 0.156 e. The van der Waals surface area contributed by atoms with Crippen LogP contribution in [0.4, 0.5) is 5.69 Å². The fourth-order valence-electron chi connectivity index (χ4n) is 4.11. The topological polar surface area (TPSA) is 77.1 Å². The molecule has 1 unspecified atom stereocenters. The van der Waals surface area contributed by atoms with Crippen LogP contribution in [0, 0.1) is 13.0 Å². The van der Waals surface area contributed by atoms with Crippen LogP contribution < -0.4 is 10.2 Å². The van der Waals surface area contributed by atoms with E-state index in [1.807, 2.05) is 19.1 Å². The summed E-state index contributed by atoms with van der Waals surface area (Å²) < 4.78 is 0. The number of H-pyrrole nitrogens is 1. The van der Waals surface area contributed by atoms with Gasteiger partial charge in [-0.1, -0.05) is 30.3 Å². The van der Waals surface area contributed by atoms with Crippen LogP contribution in [0.15, 0.2) is 54.6 Å². The zero-order valence-corrected chi connectivity index (χ0v) is 16.9. The van der Waals surface area contributed by atoms with Gasteiger partial charge in [0, 0.05) is 37.3 Å². The van der Waals surface area contributed by atoms with Crippen molar-refractivity contribution in [2.75, 3.05) is 24.5 Å². The van der Waals surface area contributed by atoms with Gasteiger partial charge < -0.3 is 15.3 Å². The number of hydrogen-bond donors (Lipinski definition) is 3. The van der Waals surface area contributed by atoms with Crippen molar-refractivity contribution in [3.05, 3.63) is 71.9 Å². The molecule has 0 aliphatic carbocycles. The van der Waals surface area contributed by atoms with Crippen molar-refractivity contribution < 1.29 is 5.11 Å². The molecule has 1 radical (unpaired) electrons. The molecule has 0 bridgehead atoms. The second-order valence-electron chi connectivity index (χ2n) is 7.80. The summed E-state index contributed by atoms with van der Waals surface area (Å²) in [5.41, 5.74) is 5.75. The van der Waals surface area contributed by atoms with Gasteiger partial charge in [0.1, 0.15) is 5.75 Å². The van der Waals surface area contributed by atoms with Gasteiger partial charge in [0.05, 0.1) is 22.5 Å². The van der Waals surface area contributed by atoms with E-state index in [-0.39, 0.29) is 5.75 Å². The lowest BCUT2D eigenvalue weighted by atomic mass is 10.0. The summed E-state index contributed by atoms with van der Waals surface area (Å²) in [6, 6.07) is 21.7. The third-order valence-corrected chi connectivity index (χ3v) is 5.66. The Balaban J connectivity index is 1.52. The fourth-order valence-corrected chi connectivity index (χ4v) is 4.11. The van der Waals surface area contributed by atoms with E-state index in [0.29, 0.717) is 6.04 Å². The van der Waals surface area contributed by atoms with Crippen molar-refractivity contribution in [3.63, 3.8) is 0 Å². The highest BCUT2D eigenvalue weighted by Crippen LogP contribution is 2.33. The first kappa shape index (κ1) is 18.6. The average Bonchev–Trinajstić information content (AvgIpc) is 3.14. The SMILES string of the molecule is Cc1n[nH]c2nc(-c3ccc(O)cc3)c(N3CCNC(Cc4ccccc4)C3)[c]c12. The van der Waals surface area contributed by atoms with Gasteiger partial charge in [0.25, 0.3) is 0 Å². The number of pyridine rings is 1. The number of phenols is 1. The number of nitrogens with one attached hydrogen (secondary N) is 2. The van der Waals surface area contributed by atoms with Crippen molar-refractivity contribution in [1.29, 1.82) is 0 Å². The third-order valence-electron chi connectivity index (χ3n) is 5.66. The fraction of sp³-hybridized carbons (Fsp3) is 0.250. The van der Waals surface area contributed by atoms with E-state index < -0.39 is 0 Å². The highest BCUT2D eigenvalue weighted by atomic mass is 16.3. The molecule has 6 nitrogen and oxygen atoms in total. The molecule has 3 N–H and O–H groups in total. The smallest absolute Gasteiger partial charge is 0.156 e. The van der Waals surface area contributed by atoms with E-state index in [4.69, 9.17) is 4.98 Å². The Morgan fingerprint density at radius 2 is 1.93 bits per heavy atom. The van der Waals surface area contributed by atoms with Crippen molar-refractivity contribution in [2.45, 2.75) is 19.4 Å². The predicted octanol–water partition coefficient (Wildman–Crippen LogP) is 3.46. The number of aromatic hydroxyl groups is 1. The van der Waals surface area contributed by atoms with Crippen molar-refractivity contribution >= 4 is 16.7 Å². The molecular weight excluding hydrogens is 374 g/mol. The minimum absolute atomic E-state index is 0.243. The van der Waals surface area contributed by atoms with Crippen LogP contribution in [0.2, 0.25) is 0 Å². The van der Waals surface area contributed by atoms with Gasteiger partial charge in [-0.25, -0.2) is 4.98 Å². The lowest BCUT2D eigenvalue weighted by molar-refractivity contribution is 0.455. The zero-order chi connectivity index (χ0) is 20.5. The Labute approximate surface area is 175 Å². The van der Waals surface area contributed by atoms with Gasteiger partial charge in [-0.2, -0.15) is 5.10 Å². The molecule has 151 valence electrons. The molecule has 3 heterocycles. The molecule has 2 aromatic heterocycles. The minimum atomic E-state index is 0.243. The number of anilines is 1. The molecule has 1 aliphatic rings. The van der Waals surface area contributed by atoms with Gasteiger partial charge in [-0.15, -0.1) is 0 Å². The number of nitrogens with zero attached hydrogens (tertiary/aromatic N) is 3. The molecule has 1 atom stereocenters. The van der Waals surface area contributed by atoms with Gasteiger partial charge in [-0.05, 0) is 43.2 Å². The maximum atomic E-state index is 9.71. The first-order chi connectivity index (χ1) is 14.7. The molecule has 4 aromatic rings. The van der Waals surface area contributed by atoms with E-state index in [9.17, 15) is 5.11 Å². The molecule has 1 fully saturated rings. The van der Waals surface area contributed by atoms with Crippen LogP contribution in [0.1, 0.15) is 11.3 Å². The van der Waals surface area contributed by atoms with E-state index >= 15 is 0 Å². The number of hydrogen-bond acceptors (Lipinski definition) is 5. The van der Waals surface area contributed by atoms with E-state index in [1.54, 1.807) is 12.1 Å². The third kappa shape index (κ3) is 3.62. The van der Waals surface area contributed by atoms with Crippen molar-refractivity contribution in [1.82, 2.24) is 20.5 Å². The van der Waals surface area contributed by atoms with Crippen LogP contribution in [0.5, 0.6) is 5.75 Å². The molecule has 0 amide bonds. The molecule has 6 heteroatoms. The summed E-state index contributed by atoms with van der Waals surface area (Å²) in [5.74, 6) is 0.243. The van der Waals surface area contributed by atoms with Crippen LogP contribution in [0.3, 0.4) is 0 Å². The Kier molecular flexibility index (Phi) is 4.85. The van der Waals surface area contributed by atoms with Gasteiger partial charge in [0.15, 0.2) is 5.65 Å². The monoisotopic (exact) mass is 398 g/mol. The molecule has 30 heavy (non-hydrogen) atoms. The number of benzene rings is 2. The number of rotatable bonds is 4. The number of aryl methyl sites for hydroxylation is 1. The number of aromatic nitrogens is 3. The molecule has 0 spiro atoms. The quantitative estimate of drug-likeness (QED) is 0.491. The van der Waals surface area contributed by atoms with Gasteiger partial charge in [-0.3, -0.25) is 5.10 Å². The van der Waals surface area contributed by atoms with Crippen molar-refractivity contribution in [2.24, 2.45) is 0 Å². The number of piperazine rings is 1. The number of fused-ring (bicyclic) bond motifs is 1. The lowest BCUT2D eigenvalue weighted by Crippen LogP contribution is -2.51. The van der Waals surface area contributed by atoms with Crippen LogP contribution >= 0.6 is 0 Å². The van der Waals surface area contributed by atoms with E-state index in [0.717, 1.165) is 59.7 Å². The molecule has 1 aliphatic heterocycles. The Hall–Kier alpha value is -3.38. The predicted molar refractivity (Wildman–Crippen MR) is 119 cm³/mol. The number of aromatic amines is 1. The molecule has 5 rings (SSSR count). The average molecular weight is 398 g/mol. The highest BCUT2D eigenvalue weighted by molar-refractivity contribution is 5.88. The summed E-state index contributed by atoms with van der Waals surface area (Å²) in [4.78, 5) is 7.25. The Morgan fingerprint density at radius 1 is 1.13 bits per heavy atom. The van der Waals surface area contributed by atoms with Gasteiger partial charge in [0.2, 0.25) is 0 Å². The first-order valence-corrected chi connectivity index (χ1v) is 10.3. The highest BCUT2D eigenvalue weighted by Gasteiger charge is 2.24. The molecule has 0 saturated carbocycles. The molecule has 1 saturated heterocycles. The summed E-state index contributed by atoms with van der Waals surface area (Å²) >= 11 is 0. The van der Waals surface area contributed by atoms with Crippen LogP contribution in [-0.4, -0.2) is 46.0 Å². The second kappa shape index (κ2) is 7.80. The van der Waals surface area contributed by atoms with Crippen LogP contribution in [0.25, 0.3) is 22.3 Å². The van der Waals surface area contributed by atoms with Crippen molar-refractivity contribution in [3.8, 4) is 17.0 Å². The normalized spacial score (nSPS) is 16.8. The minimum Gasteiger partial charge on any atom is -0.508 e. The standard InChI is InChI=1S/C24H24N5O/c1-16-21-14-22(23(26-24(21)28-27-16)18-7-9-20(30)10-8-18)29-12-11-25-19(15-29)13-17-5-3-2-4-6-17/h2-10,19,25,30H,11-13,15H2,1H3,(H,26,27,28). The molecule has 2 aromatic carbocycles. The van der Waals surface area contributed by atoms with Crippen LogP contribution in [-0.2, 0) is 6.42 Å². The van der Waals surface area contributed by atoms with Gasteiger partial charge >= 0.3 is 0 Å². The largest absolute Gasteiger partial charge is 0.508 e. The summed E-state index contributed by atoms with van der Waals surface area (Å²) in [6.07, 6.45) is 0.978. The van der Waals surface area contributed by atoms with E-state index in [1.165, 1.54) is 5.56 Å². The maximum absolute atomic E-state index is 9.71. The number of phenolic OH excluding ortho intramolecular Hbond substituents is 1. The zero-order valence-electron chi connectivity index (χ0n) is 16.9. The first-order valence-electron chi connectivity index (χ1n) is 10.3. The second-order valence-corrected chi connectivity index (χ2v) is 7.80.